The van der Waals surface area contributed by atoms with Gasteiger partial charge in [0.25, 0.3) is 0 Å². The van der Waals surface area contributed by atoms with Gasteiger partial charge in [-0.25, -0.2) is 0 Å². The maximum absolute atomic E-state index is 5.46. The Labute approximate surface area is 148 Å². The molecule has 4 aliphatic heterocycles. The van der Waals surface area contributed by atoms with Crippen LogP contribution in [0.25, 0.3) is 0 Å². The van der Waals surface area contributed by atoms with E-state index >= 15 is 0 Å². The first kappa shape index (κ1) is 20.5. The number of piperidine rings is 1. The summed E-state index contributed by atoms with van der Waals surface area (Å²) in [6, 6.07) is 0.776. The Hall–Kier alpha value is 0.420. The van der Waals surface area contributed by atoms with Gasteiger partial charge in [-0.2, -0.15) is 0 Å². The molecule has 22 heavy (non-hydrogen) atoms. The van der Waals surface area contributed by atoms with Crippen molar-refractivity contribution in [3.8, 4) is 0 Å². The third kappa shape index (κ3) is 5.50. The minimum Gasteiger partial charge on any atom is -0.379 e. The quantitative estimate of drug-likeness (QED) is 0.834. The van der Waals surface area contributed by atoms with Crippen molar-refractivity contribution < 1.29 is 4.74 Å². The molecule has 4 nitrogen and oxygen atoms in total. The Balaban J connectivity index is 0.00000121. The normalized spacial score (nSPS) is 30.3. The van der Waals surface area contributed by atoms with Crippen molar-refractivity contribution in [3.05, 3.63) is 0 Å². The molecular formula is C16H33Cl2N3O. The van der Waals surface area contributed by atoms with Gasteiger partial charge in [0.05, 0.1) is 13.2 Å². The summed E-state index contributed by atoms with van der Waals surface area (Å²) in [5.41, 5.74) is 0.377. The number of halogens is 2. The Morgan fingerprint density at radius 2 is 1.77 bits per heavy atom. The highest BCUT2D eigenvalue weighted by molar-refractivity contribution is 5.85. The lowest BCUT2D eigenvalue weighted by Crippen LogP contribution is -2.51. The third-order valence-electron chi connectivity index (χ3n) is 5.12. The summed E-state index contributed by atoms with van der Waals surface area (Å²) in [6.45, 7) is 15.1. The summed E-state index contributed by atoms with van der Waals surface area (Å²) in [5, 5.41) is 3.64. The van der Waals surface area contributed by atoms with Crippen LogP contribution in [0, 0.1) is 11.3 Å². The minimum absolute atomic E-state index is 0. The van der Waals surface area contributed by atoms with Gasteiger partial charge in [-0.15, -0.1) is 24.8 Å². The fourth-order valence-electron chi connectivity index (χ4n) is 4.19. The molecule has 4 fully saturated rings. The molecule has 2 atom stereocenters. The second-order valence-corrected chi connectivity index (χ2v) is 7.74. The number of rotatable bonds is 4. The second-order valence-electron chi connectivity index (χ2n) is 7.74. The fourth-order valence-corrected chi connectivity index (χ4v) is 4.19. The van der Waals surface area contributed by atoms with Crippen LogP contribution in [0.1, 0.15) is 26.7 Å². The summed E-state index contributed by atoms with van der Waals surface area (Å²) in [5.74, 6) is 0.882. The highest BCUT2D eigenvalue weighted by Crippen LogP contribution is 2.28. The lowest BCUT2D eigenvalue weighted by atomic mass is 9.88. The molecule has 6 heteroatoms. The van der Waals surface area contributed by atoms with Crippen LogP contribution in [0.2, 0.25) is 0 Å². The number of hydrogen-bond acceptors (Lipinski definition) is 4. The van der Waals surface area contributed by atoms with Crippen LogP contribution < -0.4 is 5.32 Å². The van der Waals surface area contributed by atoms with Crippen molar-refractivity contribution in [1.29, 1.82) is 0 Å². The van der Waals surface area contributed by atoms with Gasteiger partial charge in [0.15, 0.2) is 0 Å². The van der Waals surface area contributed by atoms with Gasteiger partial charge in [0, 0.05) is 45.3 Å². The van der Waals surface area contributed by atoms with Crippen molar-refractivity contribution in [2.75, 3.05) is 59.0 Å². The molecule has 0 aromatic rings. The van der Waals surface area contributed by atoms with Crippen molar-refractivity contribution in [2.45, 2.75) is 32.7 Å². The van der Waals surface area contributed by atoms with E-state index in [0.717, 1.165) is 38.3 Å². The van der Waals surface area contributed by atoms with Gasteiger partial charge < -0.3 is 10.1 Å². The summed E-state index contributed by atoms with van der Waals surface area (Å²) in [7, 11) is 0. The molecule has 4 rings (SSSR count). The zero-order chi connectivity index (χ0) is 14.0. The summed E-state index contributed by atoms with van der Waals surface area (Å²) < 4.78 is 5.46. The van der Waals surface area contributed by atoms with Crippen molar-refractivity contribution in [2.24, 2.45) is 11.3 Å². The van der Waals surface area contributed by atoms with Crippen LogP contribution >= 0.6 is 24.8 Å². The highest BCUT2D eigenvalue weighted by Gasteiger charge is 2.35. The zero-order valence-electron chi connectivity index (χ0n) is 14.1. The second kappa shape index (κ2) is 9.05. The van der Waals surface area contributed by atoms with Gasteiger partial charge in [-0.3, -0.25) is 9.80 Å². The lowest BCUT2D eigenvalue weighted by Gasteiger charge is -2.43. The third-order valence-corrected chi connectivity index (χ3v) is 5.12. The first-order valence-corrected chi connectivity index (χ1v) is 8.37. The van der Waals surface area contributed by atoms with Crippen LogP contribution in [-0.4, -0.2) is 74.9 Å². The van der Waals surface area contributed by atoms with Gasteiger partial charge in [0.1, 0.15) is 0 Å². The number of ether oxygens (including phenoxy) is 1. The molecule has 4 heterocycles. The Morgan fingerprint density at radius 3 is 2.50 bits per heavy atom. The maximum Gasteiger partial charge on any atom is 0.0594 e. The van der Waals surface area contributed by atoms with Crippen molar-refractivity contribution >= 4 is 24.8 Å². The van der Waals surface area contributed by atoms with Crippen LogP contribution in [0.4, 0.5) is 0 Å². The molecule has 0 aliphatic carbocycles. The largest absolute Gasteiger partial charge is 0.379 e. The van der Waals surface area contributed by atoms with Gasteiger partial charge in [0.2, 0.25) is 0 Å². The number of morpholine rings is 1. The number of hydrogen-bond donors (Lipinski definition) is 1. The summed E-state index contributed by atoms with van der Waals surface area (Å²) in [6.07, 6.45) is 2.82. The summed E-state index contributed by atoms with van der Waals surface area (Å²) >= 11 is 0. The molecule has 4 aliphatic rings. The molecular weight excluding hydrogens is 321 g/mol. The molecule has 2 bridgehead atoms. The van der Waals surface area contributed by atoms with E-state index in [1.807, 2.05) is 0 Å². The summed E-state index contributed by atoms with van der Waals surface area (Å²) in [4.78, 5) is 5.35. The Bertz CT molecular complexity index is 321. The van der Waals surface area contributed by atoms with Gasteiger partial charge in [-0.05, 0) is 30.7 Å². The fraction of sp³-hybridized carbons (Fsp3) is 1.00. The van der Waals surface area contributed by atoms with E-state index in [1.165, 1.54) is 45.6 Å². The van der Waals surface area contributed by atoms with E-state index in [2.05, 4.69) is 29.0 Å². The molecule has 0 spiro atoms. The molecule has 0 amide bonds. The molecule has 132 valence electrons. The van der Waals surface area contributed by atoms with Crippen molar-refractivity contribution in [1.82, 2.24) is 15.1 Å². The smallest absolute Gasteiger partial charge is 0.0594 e. The SMILES string of the molecule is CC(C)(CN1CCOCC1)CN1C[C@@H]2CC[C@H]1CNC2.Cl.Cl. The molecule has 1 N–H and O–H groups in total. The predicted molar refractivity (Wildman–Crippen MR) is 96.5 cm³/mol. The number of nitrogens with one attached hydrogen (secondary N) is 1. The maximum atomic E-state index is 5.46. The Kier molecular flexibility index (Phi) is 8.42. The van der Waals surface area contributed by atoms with E-state index in [1.54, 1.807) is 0 Å². The monoisotopic (exact) mass is 353 g/mol. The highest BCUT2D eigenvalue weighted by atomic mass is 35.5. The average molecular weight is 354 g/mol. The van der Waals surface area contributed by atoms with Crippen LogP contribution in [0.15, 0.2) is 0 Å². The van der Waals surface area contributed by atoms with Gasteiger partial charge >= 0.3 is 0 Å². The van der Waals surface area contributed by atoms with E-state index < -0.39 is 0 Å². The topological polar surface area (TPSA) is 27.7 Å². The first-order chi connectivity index (χ1) is 9.62. The van der Waals surface area contributed by atoms with Crippen LogP contribution in [-0.2, 0) is 4.74 Å². The van der Waals surface area contributed by atoms with Crippen LogP contribution in [0.3, 0.4) is 0 Å². The molecule has 0 aromatic carbocycles. The molecule has 0 saturated carbocycles. The predicted octanol–water partition coefficient (Wildman–Crippen LogP) is 1.87. The molecule has 0 unspecified atom stereocenters. The average Bonchev–Trinajstić information content (AvgIpc) is 2.73. The molecule has 0 aromatic heterocycles. The van der Waals surface area contributed by atoms with E-state index in [0.29, 0.717) is 5.41 Å². The van der Waals surface area contributed by atoms with E-state index in [-0.39, 0.29) is 24.8 Å². The lowest BCUT2D eigenvalue weighted by molar-refractivity contribution is 0.00767. The minimum atomic E-state index is 0. The number of nitrogens with zero attached hydrogens (tertiary/aromatic N) is 2. The standard InChI is InChI=1S/C16H31N3O.2ClH/c1-16(2,12-18-5-7-20-8-6-18)13-19-11-14-3-4-15(19)10-17-9-14;;/h14-15,17H,3-13H2,1-2H3;2*1H/t14-,15+;;/m1../s1. The van der Waals surface area contributed by atoms with Crippen molar-refractivity contribution in [3.63, 3.8) is 0 Å². The zero-order valence-corrected chi connectivity index (χ0v) is 15.7. The first-order valence-electron chi connectivity index (χ1n) is 8.37. The van der Waals surface area contributed by atoms with Gasteiger partial charge in [-0.1, -0.05) is 13.8 Å². The Morgan fingerprint density at radius 1 is 1.05 bits per heavy atom. The van der Waals surface area contributed by atoms with Crippen LogP contribution in [0.5, 0.6) is 0 Å². The number of fused-ring (bicyclic) bond motifs is 4. The van der Waals surface area contributed by atoms with E-state index in [9.17, 15) is 0 Å². The molecule has 4 saturated heterocycles. The van der Waals surface area contributed by atoms with E-state index in [4.69, 9.17) is 4.74 Å². The molecule has 0 radical (unpaired) electrons.